The van der Waals surface area contributed by atoms with Gasteiger partial charge in [-0.05, 0) is 127 Å². The zero-order valence-electron chi connectivity index (χ0n) is 44.9. The predicted octanol–water partition coefficient (Wildman–Crippen LogP) is 11.6. The largest absolute Gasteiger partial charge is 0.506 e. The molecule has 0 saturated heterocycles. The predicted molar refractivity (Wildman–Crippen MR) is 306 cm³/mol. The van der Waals surface area contributed by atoms with Gasteiger partial charge in [0.1, 0.15) is 27.9 Å². The normalized spacial score (nSPS) is 12.9. The number of ether oxygens (including phenoxy) is 2. The molecule has 18 nitrogen and oxygen atoms in total. The number of allylic oxidation sites excluding steroid dienone is 1. The molecule has 6 N–H and O–H groups in total. The summed E-state index contributed by atoms with van der Waals surface area (Å²) >= 11 is 0. The Morgan fingerprint density at radius 2 is 1.33 bits per heavy atom. The number of phenolic OH excluding ortho intramolecular Hbond substituents is 1. The third-order valence-electron chi connectivity index (χ3n) is 13.1. The van der Waals surface area contributed by atoms with Crippen LogP contribution in [0.15, 0.2) is 161 Å². The van der Waals surface area contributed by atoms with Gasteiger partial charge < -0.3 is 25.2 Å². The van der Waals surface area contributed by atoms with Crippen molar-refractivity contribution in [2.75, 3.05) is 23.9 Å². The van der Waals surface area contributed by atoms with Crippen molar-refractivity contribution in [3.8, 4) is 23.0 Å². The molecule has 0 saturated carbocycles. The van der Waals surface area contributed by atoms with Crippen LogP contribution in [0.25, 0.3) is 16.8 Å². The quantitative estimate of drug-likeness (QED) is 0.0265. The van der Waals surface area contributed by atoms with Gasteiger partial charge in [-0.3, -0.25) is 38.9 Å². The van der Waals surface area contributed by atoms with Crippen molar-refractivity contribution in [2.45, 2.75) is 89.9 Å². The van der Waals surface area contributed by atoms with E-state index in [-0.39, 0.29) is 56.1 Å². The highest BCUT2D eigenvalue weighted by molar-refractivity contribution is 7.91. The van der Waals surface area contributed by atoms with Crippen molar-refractivity contribution < 1.29 is 54.9 Å². The Bertz CT molecular complexity index is 3510. The van der Waals surface area contributed by atoms with Crippen molar-refractivity contribution in [3.63, 3.8) is 0 Å². The van der Waals surface area contributed by atoms with Gasteiger partial charge in [-0.2, -0.15) is 21.9 Å². The van der Waals surface area contributed by atoms with E-state index in [0.29, 0.717) is 36.8 Å². The van der Waals surface area contributed by atoms with Crippen molar-refractivity contribution in [1.82, 2.24) is 15.3 Å². The standard InChI is InChI=1S/C49H54N4O12S2.2C5H5N/c1-8-48(4,5)31-16-21-40(38(26-31)49(6,7)9-2)64-23-13-12-22-50-47(57)37-28-41(35-14-10-11-15-36(35)45(37)55)65-33-19-17-32(18-20-33)52-53-44-42(67(61,62)63)25-30-24-34(66(58,59)60)27-39(51-29(3)54)43(30)46(44)56;2*1-2-4-6-5-3-1/h10-11,14-21,24-28,52,55H,8-9,12-13,22-23H2,1-7H3,(H,50,57)(H,51,54)(H,58,59,60)(H,61,62,63);2*1-5H/b53-44+;;. The number of ketones is 1. The molecule has 0 fully saturated rings. The molecule has 0 aliphatic heterocycles. The second kappa shape index (κ2) is 26.4. The number of hydrogen-bond acceptors (Lipinski definition) is 14. The molecule has 2 amide bonds. The molecule has 7 aromatic rings. The van der Waals surface area contributed by atoms with Crippen LogP contribution >= 0.6 is 0 Å². The van der Waals surface area contributed by atoms with Crippen molar-refractivity contribution in [3.05, 3.63) is 179 Å². The van der Waals surface area contributed by atoms with Crippen LogP contribution in [0, 0.1) is 0 Å². The second-order valence-corrected chi connectivity index (χ2v) is 22.3. The van der Waals surface area contributed by atoms with Gasteiger partial charge in [-0.15, -0.1) is 0 Å². The summed E-state index contributed by atoms with van der Waals surface area (Å²) in [7, 11) is -10.0. The highest BCUT2D eigenvalue weighted by atomic mass is 32.2. The van der Waals surface area contributed by atoms with E-state index in [1.807, 2.05) is 36.4 Å². The minimum absolute atomic E-state index is 0.00196. The molecule has 0 spiro atoms. The summed E-state index contributed by atoms with van der Waals surface area (Å²) in [6.45, 7) is 15.2. The van der Waals surface area contributed by atoms with Gasteiger partial charge in [0.25, 0.3) is 26.1 Å². The van der Waals surface area contributed by atoms with Crippen molar-refractivity contribution in [2.24, 2.45) is 5.10 Å². The number of unbranched alkanes of at least 4 members (excludes halogenated alkanes) is 1. The zero-order chi connectivity index (χ0) is 57.5. The second-order valence-electron chi connectivity index (χ2n) is 19.5. The Balaban J connectivity index is 0.000000740. The zero-order valence-corrected chi connectivity index (χ0v) is 46.5. The SMILES string of the molecule is CCC(C)(C)c1ccc(OCCCCNC(=O)c2cc(Oc3ccc(N/N=C4/C(=O)c5c(cc(S(=O)(=O)O)cc5NC(C)=O)C=C4S(=O)(=O)O)cc3)c3ccccc3c2O)c(C(C)(C)CC)c1.c1ccncc1.c1ccncc1. The van der Waals surface area contributed by atoms with Gasteiger partial charge in [0.05, 0.1) is 34.0 Å². The first-order valence-electron chi connectivity index (χ1n) is 25.2. The summed E-state index contributed by atoms with van der Waals surface area (Å²) in [6.07, 6.45) is 11.0. The maximum absolute atomic E-state index is 13.7. The molecule has 1 aliphatic carbocycles. The third kappa shape index (κ3) is 15.9. The van der Waals surface area contributed by atoms with E-state index in [1.54, 1.807) is 49.1 Å². The lowest BCUT2D eigenvalue weighted by atomic mass is 9.76. The Morgan fingerprint density at radius 3 is 1.87 bits per heavy atom. The Morgan fingerprint density at radius 1 is 0.709 bits per heavy atom. The highest BCUT2D eigenvalue weighted by Gasteiger charge is 2.36. The van der Waals surface area contributed by atoms with E-state index in [1.165, 1.54) is 41.5 Å². The number of hydrogen-bond donors (Lipinski definition) is 6. The monoisotopic (exact) mass is 1110 g/mol. The number of aromatic nitrogens is 2. The highest BCUT2D eigenvalue weighted by Crippen LogP contribution is 2.40. The molecule has 1 aliphatic rings. The Hall–Kier alpha value is -8.30. The van der Waals surface area contributed by atoms with Crippen molar-refractivity contribution >= 4 is 71.8 Å². The van der Waals surface area contributed by atoms with Gasteiger partial charge in [-0.25, -0.2) is 0 Å². The summed E-state index contributed by atoms with van der Waals surface area (Å²) in [5, 5.41) is 21.3. The maximum atomic E-state index is 13.7. The first-order chi connectivity index (χ1) is 37.4. The van der Waals surface area contributed by atoms with E-state index in [4.69, 9.17) is 9.47 Å². The number of carbonyl (C=O) groups excluding carboxylic acids is 3. The molecule has 20 heteroatoms. The molecule has 79 heavy (non-hydrogen) atoms. The van der Waals surface area contributed by atoms with E-state index < -0.39 is 53.3 Å². The number of rotatable bonds is 18. The third-order valence-corrected chi connectivity index (χ3v) is 14.8. The maximum Gasteiger partial charge on any atom is 0.296 e. The molecule has 0 radical (unpaired) electrons. The van der Waals surface area contributed by atoms with Gasteiger partial charge in [-0.1, -0.05) is 90.1 Å². The molecule has 2 heterocycles. The number of amides is 2. The molecule has 0 atom stereocenters. The smallest absolute Gasteiger partial charge is 0.296 e. The lowest BCUT2D eigenvalue weighted by molar-refractivity contribution is -0.114. The summed E-state index contributed by atoms with van der Waals surface area (Å²) < 4.78 is 81.0. The summed E-state index contributed by atoms with van der Waals surface area (Å²) in [6, 6.07) is 33.8. The number of hydrazone groups is 1. The van der Waals surface area contributed by atoms with E-state index in [0.717, 1.165) is 43.7 Å². The average Bonchev–Trinajstić information content (AvgIpc) is 3.55. The van der Waals surface area contributed by atoms with Gasteiger partial charge in [0.2, 0.25) is 11.7 Å². The number of anilines is 2. The first kappa shape index (κ1) is 59.9. The van der Waals surface area contributed by atoms with Crippen LogP contribution in [-0.4, -0.2) is 77.5 Å². The first-order valence-corrected chi connectivity index (χ1v) is 28.1. The van der Waals surface area contributed by atoms with Crippen LogP contribution in [0.4, 0.5) is 11.4 Å². The number of benzene rings is 5. The summed E-state index contributed by atoms with van der Waals surface area (Å²) in [5.41, 5.74) is 3.36. The molecule has 2 aromatic heterocycles. The number of phenols is 1. The lowest BCUT2D eigenvalue weighted by Gasteiger charge is -2.30. The topological polar surface area (TPSA) is 273 Å². The van der Waals surface area contributed by atoms with E-state index in [9.17, 15) is 45.4 Å². The Labute approximate surface area is 460 Å². The summed E-state index contributed by atoms with van der Waals surface area (Å²) in [4.78, 5) is 45.0. The lowest BCUT2D eigenvalue weighted by Crippen LogP contribution is -2.28. The van der Waals surface area contributed by atoms with Crippen LogP contribution in [-0.2, 0) is 35.9 Å². The summed E-state index contributed by atoms with van der Waals surface area (Å²) in [5.74, 6) is -1.14. The van der Waals surface area contributed by atoms with Gasteiger partial charge in [0, 0.05) is 54.6 Å². The molecular weight excluding hydrogens is 1050 g/mol. The molecule has 8 rings (SSSR count). The van der Waals surface area contributed by atoms with Crippen LogP contribution in [0.1, 0.15) is 112 Å². The fraction of sp³-hybridized carbons (Fsp3) is 0.254. The number of nitrogens with one attached hydrogen (secondary N) is 3. The van der Waals surface area contributed by atoms with Crippen LogP contribution in [0.5, 0.6) is 23.0 Å². The van der Waals surface area contributed by atoms with Crippen molar-refractivity contribution in [1.29, 1.82) is 0 Å². The molecule has 0 bridgehead atoms. The number of Topliss-reactive ketones (excluding diaryl/α,β-unsaturated/α-hetero) is 1. The van der Waals surface area contributed by atoms with Gasteiger partial charge in [0.15, 0.2) is 5.71 Å². The number of pyridine rings is 2. The molecule has 0 unspecified atom stereocenters. The average molecular weight is 1110 g/mol. The minimum atomic E-state index is -5.14. The number of nitrogens with zero attached hydrogens (tertiary/aromatic N) is 3. The minimum Gasteiger partial charge on any atom is -0.506 e. The van der Waals surface area contributed by atoms with E-state index >= 15 is 0 Å². The molecule has 414 valence electrons. The molecular formula is C59H64N6O12S2. The fourth-order valence-electron chi connectivity index (χ4n) is 7.94. The van der Waals surface area contributed by atoms with Crippen LogP contribution in [0.2, 0.25) is 0 Å². The van der Waals surface area contributed by atoms with Crippen LogP contribution < -0.4 is 25.5 Å². The van der Waals surface area contributed by atoms with E-state index in [2.05, 4.69) is 90.9 Å². The number of fused-ring (bicyclic) bond motifs is 2. The van der Waals surface area contributed by atoms with Crippen LogP contribution in [0.3, 0.4) is 0 Å². The Kier molecular flexibility index (Phi) is 20.0. The fourth-order valence-corrected chi connectivity index (χ4v) is 9.15. The number of aromatic hydroxyl groups is 1. The number of carbonyl (C=O) groups is 3. The molecule has 5 aromatic carbocycles. The van der Waals surface area contributed by atoms with Gasteiger partial charge >= 0.3 is 0 Å².